The van der Waals surface area contributed by atoms with Crippen LogP contribution >= 0.6 is 0 Å². The number of benzene rings is 1. The van der Waals surface area contributed by atoms with Crippen molar-refractivity contribution in [1.29, 1.82) is 0 Å². The Hall–Kier alpha value is -1.66. The van der Waals surface area contributed by atoms with Crippen LogP contribution in [0.3, 0.4) is 0 Å². The van der Waals surface area contributed by atoms with Crippen molar-refractivity contribution in [3.8, 4) is 5.75 Å². The molecule has 1 aliphatic heterocycles. The van der Waals surface area contributed by atoms with Gasteiger partial charge >= 0.3 is 0 Å². The number of hydrogen-bond donors (Lipinski definition) is 0. The van der Waals surface area contributed by atoms with Crippen LogP contribution in [-0.4, -0.2) is 44.9 Å². The molecule has 0 N–H and O–H groups in total. The molecule has 0 radical (unpaired) electrons. The minimum Gasteiger partial charge on any atom is -0.496 e. The zero-order valence-corrected chi connectivity index (χ0v) is 17.0. The molecule has 2 rings (SSSR count). The Morgan fingerprint density at radius 1 is 1.11 bits per heavy atom. The third kappa shape index (κ3) is 6.47. The topological polar surface area (TPSA) is 46.2 Å². The fourth-order valence-corrected chi connectivity index (χ4v) is 3.21. The first-order chi connectivity index (χ1) is 13.0. The molecule has 0 aliphatic carbocycles. The van der Waals surface area contributed by atoms with Gasteiger partial charge in [-0.25, -0.2) is 0 Å². The molecule has 5 nitrogen and oxygen atoms in total. The SMILES string of the molecule is C/C=C/C=C/[C@@H]1OC(C)(C)O[C@H](CCOCc2ccccc2OC)[C@@H]1OC. The molecule has 1 heterocycles. The van der Waals surface area contributed by atoms with Crippen LogP contribution in [0.4, 0.5) is 0 Å². The van der Waals surface area contributed by atoms with Crippen molar-refractivity contribution in [2.75, 3.05) is 20.8 Å². The predicted molar refractivity (Wildman–Crippen MR) is 106 cm³/mol. The second-order valence-electron chi connectivity index (χ2n) is 6.90. The molecule has 0 amide bonds. The van der Waals surface area contributed by atoms with Crippen LogP contribution in [0, 0.1) is 0 Å². The summed E-state index contributed by atoms with van der Waals surface area (Å²) in [5.74, 6) is 0.165. The van der Waals surface area contributed by atoms with Gasteiger partial charge in [-0.2, -0.15) is 0 Å². The molecular formula is C22H32O5. The van der Waals surface area contributed by atoms with E-state index in [2.05, 4.69) is 0 Å². The molecule has 1 saturated heterocycles. The van der Waals surface area contributed by atoms with E-state index in [1.807, 2.05) is 69.3 Å². The fraction of sp³-hybridized carbons (Fsp3) is 0.545. The number of ether oxygens (including phenoxy) is 5. The number of hydrogen-bond acceptors (Lipinski definition) is 5. The van der Waals surface area contributed by atoms with E-state index in [-0.39, 0.29) is 18.3 Å². The Labute approximate surface area is 162 Å². The molecule has 0 saturated carbocycles. The van der Waals surface area contributed by atoms with Gasteiger partial charge in [-0.1, -0.05) is 42.5 Å². The lowest BCUT2D eigenvalue weighted by molar-refractivity contribution is -0.327. The van der Waals surface area contributed by atoms with Gasteiger partial charge in [-0.3, -0.25) is 0 Å². The Kier molecular flexibility index (Phi) is 8.51. The molecule has 3 atom stereocenters. The highest BCUT2D eigenvalue weighted by Gasteiger charge is 2.42. The first-order valence-electron chi connectivity index (χ1n) is 9.38. The van der Waals surface area contributed by atoms with Gasteiger partial charge in [0.15, 0.2) is 5.79 Å². The highest BCUT2D eigenvalue weighted by Crippen LogP contribution is 2.31. The van der Waals surface area contributed by atoms with E-state index in [0.29, 0.717) is 19.6 Å². The van der Waals surface area contributed by atoms with Crippen LogP contribution in [0.25, 0.3) is 0 Å². The van der Waals surface area contributed by atoms with Gasteiger partial charge in [0.25, 0.3) is 0 Å². The van der Waals surface area contributed by atoms with Gasteiger partial charge in [-0.05, 0) is 33.3 Å². The smallest absolute Gasteiger partial charge is 0.164 e. The highest BCUT2D eigenvalue weighted by atomic mass is 16.7. The van der Waals surface area contributed by atoms with Gasteiger partial charge in [0.2, 0.25) is 0 Å². The Morgan fingerprint density at radius 3 is 2.59 bits per heavy atom. The molecule has 150 valence electrons. The predicted octanol–water partition coefficient (Wildman–Crippen LogP) is 4.27. The van der Waals surface area contributed by atoms with Crippen molar-refractivity contribution in [1.82, 2.24) is 0 Å². The summed E-state index contributed by atoms with van der Waals surface area (Å²) in [6.45, 7) is 6.90. The van der Waals surface area contributed by atoms with Crippen LogP contribution in [0.5, 0.6) is 5.75 Å². The summed E-state index contributed by atoms with van der Waals surface area (Å²) in [5.41, 5.74) is 1.03. The number of allylic oxidation sites excluding steroid dienone is 3. The van der Waals surface area contributed by atoms with Crippen LogP contribution in [0.1, 0.15) is 32.8 Å². The molecule has 27 heavy (non-hydrogen) atoms. The molecule has 5 heteroatoms. The molecule has 0 aromatic heterocycles. The van der Waals surface area contributed by atoms with Crippen molar-refractivity contribution in [3.05, 3.63) is 54.1 Å². The summed E-state index contributed by atoms with van der Waals surface area (Å²) >= 11 is 0. The third-order valence-corrected chi connectivity index (χ3v) is 4.42. The maximum Gasteiger partial charge on any atom is 0.164 e. The average Bonchev–Trinajstić information content (AvgIpc) is 2.65. The number of rotatable bonds is 9. The van der Waals surface area contributed by atoms with E-state index in [4.69, 9.17) is 23.7 Å². The second kappa shape index (κ2) is 10.6. The normalized spacial score (nSPS) is 25.3. The average molecular weight is 376 g/mol. The minimum atomic E-state index is -0.673. The summed E-state index contributed by atoms with van der Waals surface area (Å²) in [4.78, 5) is 0. The van der Waals surface area contributed by atoms with Crippen molar-refractivity contribution in [3.63, 3.8) is 0 Å². The highest BCUT2D eigenvalue weighted by molar-refractivity contribution is 5.32. The number of methoxy groups -OCH3 is 2. The number of para-hydroxylation sites is 1. The van der Waals surface area contributed by atoms with E-state index in [0.717, 1.165) is 11.3 Å². The Balaban J connectivity index is 1.94. The molecule has 0 spiro atoms. The molecular weight excluding hydrogens is 344 g/mol. The Bertz CT molecular complexity index is 623. The second-order valence-corrected chi connectivity index (χ2v) is 6.90. The summed E-state index contributed by atoms with van der Waals surface area (Å²) in [6, 6.07) is 7.87. The summed E-state index contributed by atoms with van der Waals surface area (Å²) in [5, 5.41) is 0. The lowest BCUT2D eigenvalue weighted by Gasteiger charge is -2.44. The van der Waals surface area contributed by atoms with E-state index in [1.54, 1.807) is 14.2 Å². The quantitative estimate of drug-likeness (QED) is 0.476. The van der Waals surface area contributed by atoms with Gasteiger partial charge in [0.05, 0.1) is 19.8 Å². The van der Waals surface area contributed by atoms with Crippen molar-refractivity contribution >= 4 is 0 Å². The lowest BCUT2D eigenvalue weighted by atomic mass is 10.0. The van der Waals surface area contributed by atoms with E-state index in [9.17, 15) is 0 Å². The monoisotopic (exact) mass is 376 g/mol. The van der Waals surface area contributed by atoms with Crippen LogP contribution in [0.15, 0.2) is 48.6 Å². The van der Waals surface area contributed by atoms with Crippen molar-refractivity contribution in [2.24, 2.45) is 0 Å². The zero-order chi connectivity index (χ0) is 19.7. The zero-order valence-electron chi connectivity index (χ0n) is 17.0. The fourth-order valence-electron chi connectivity index (χ4n) is 3.21. The van der Waals surface area contributed by atoms with Crippen LogP contribution in [0.2, 0.25) is 0 Å². The summed E-state index contributed by atoms with van der Waals surface area (Å²) in [7, 11) is 3.36. The molecule has 0 bridgehead atoms. The van der Waals surface area contributed by atoms with E-state index >= 15 is 0 Å². The first kappa shape index (κ1) is 21.6. The van der Waals surface area contributed by atoms with Gasteiger partial charge in [-0.15, -0.1) is 0 Å². The first-order valence-corrected chi connectivity index (χ1v) is 9.38. The minimum absolute atomic E-state index is 0.114. The molecule has 1 aromatic carbocycles. The summed E-state index contributed by atoms with van der Waals surface area (Å²) < 4.78 is 29.1. The van der Waals surface area contributed by atoms with Crippen molar-refractivity contribution < 1.29 is 23.7 Å². The summed E-state index contributed by atoms with van der Waals surface area (Å²) in [6.07, 6.45) is 8.19. The van der Waals surface area contributed by atoms with Gasteiger partial charge < -0.3 is 23.7 Å². The molecule has 1 aliphatic rings. The van der Waals surface area contributed by atoms with Crippen LogP contribution in [-0.2, 0) is 25.6 Å². The molecule has 0 unspecified atom stereocenters. The van der Waals surface area contributed by atoms with Crippen LogP contribution < -0.4 is 4.74 Å². The van der Waals surface area contributed by atoms with Gasteiger partial charge in [0, 0.05) is 19.3 Å². The standard InChI is InChI=1S/C22H32O5/c1-6-7-8-13-19-21(24-5)20(27-22(2,3)26-19)14-15-25-16-17-11-9-10-12-18(17)23-4/h6-13,19-21H,14-16H2,1-5H3/b7-6+,13-8+/t19-,20+,21+/m0/s1. The van der Waals surface area contributed by atoms with Crippen molar-refractivity contribution in [2.45, 2.75) is 57.9 Å². The lowest BCUT2D eigenvalue weighted by Crippen LogP contribution is -2.54. The molecule has 1 fully saturated rings. The maximum atomic E-state index is 6.11. The maximum absolute atomic E-state index is 6.11. The Morgan fingerprint density at radius 2 is 1.89 bits per heavy atom. The van der Waals surface area contributed by atoms with Gasteiger partial charge in [0.1, 0.15) is 18.0 Å². The van der Waals surface area contributed by atoms with E-state index < -0.39 is 5.79 Å². The van der Waals surface area contributed by atoms with E-state index in [1.165, 1.54) is 0 Å². The largest absolute Gasteiger partial charge is 0.496 e. The third-order valence-electron chi connectivity index (χ3n) is 4.42. The molecule has 1 aromatic rings.